The number of aryl methyl sites for hydroxylation is 2. The van der Waals surface area contributed by atoms with Crippen molar-refractivity contribution < 1.29 is 0 Å². The Morgan fingerprint density at radius 3 is 2.27 bits per heavy atom. The highest BCUT2D eigenvalue weighted by Crippen LogP contribution is 2.34. The van der Waals surface area contributed by atoms with E-state index in [1.165, 1.54) is 0 Å². The molecule has 3 aromatic carbocycles. The van der Waals surface area contributed by atoms with Gasteiger partial charge in [0, 0.05) is 17.3 Å². The highest BCUT2D eigenvalue weighted by Gasteiger charge is 2.13. The fraction of sp³-hybridized carbons (Fsp3) is 0.115. The molecular formula is C26H22N6O. The lowest BCUT2D eigenvalue weighted by Crippen LogP contribution is -2.24. The summed E-state index contributed by atoms with van der Waals surface area (Å²) in [6, 6.07) is 26.2. The molecule has 162 valence electrons. The quantitative estimate of drug-likeness (QED) is 0.442. The number of nitrogens with one attached hydrogen (secondary N) is 1. The highest BCUT2D eigenvalue weighted by atomic mass is 16.1. The molecule has 7 nitrogen and oxygen atoms in total. The van der Waals surface area contributed by atoms with E-state index in [9.17, 15) is 4.79 Å². The Kier molecular flexibility index (Phi) is 5.36. The number of aromatic amines is 1. The van der Waals surface area contributed by atoms with Gasteiger partial charge in [-0.05, 0) is 59.0 Å². The van der Waals surface area contributed by atoms with Crippen LogP contribution in [0.5, 0.6) is 0 Å². The van der Waals surface area contributed by atoms with Gasteiger partial charge in [0.25, 0.3) is 5.56 Å². The van der Waals surface area contributed by atoms with E-state index >= 15 is 0 Å². The first kappa shape index (κ1) is 20.5. The molecule has 0 unspecified atom stereocenters. The van der Waals surface area contributed by atoms with Gasteiger partial charge in [0.2, 0.25) is 5.82 Å². The summed E-state index contributed by atoms with van der Waals surface area (Å²) >= 11 is 0. The minimum absolute atomic E-state index is 0.0426. The normalized spacial score (nSPS) is 11.0. The minimum Gasteiger partial charge on any atom is -0.292 e. The van der Waals surface area contributed by atoms with Crippen molar-refractivity contribution in [3.05, 3.63) is 106 Å². The Labute approximate surface area is 190 Å². The van der Waals surface area contributed by atoms with Gasteiger partial charge in [0.05, 0.1) is 6.54 Å². The Bertz CT molecular complexity index is 1460. The van der Waals surface area contributed by atoms with Crippen molar-refractivity contribution in [3.63, 3.8) is 0 Å². The smallest absolute Gasteiger partial charge is 0.254 e. The third kappa shape index (κ3) is 4.21. The van der Waals surface area contributed by atoms with Crippen molar-refractivity contribution in [1.29, 1.82) is 0 Å². The number of benzene rings is 3. The van der Waals surface area contributed by atoms with Crippen LogP contribution in [0, 0.1) is 13.8 Å². The third-order valence-corrected chi connectivity index (χ3v) is 5.65. The van der Waals surface area contributed by atoms with Crippen LogP contribution in [0.2, 0.25) is 0 Å². The molecule has 0 aliphatic heterocycles. The van der Waals surface area contributed by atoms with E-state index in [4.69, 9.17) is 0 Å². The molecule has 7 heteroatoms. The molecule has 2 aromatic heterocycles. The standard InChI is InChI=1S/C26H22N6O/c1-17-14-25(33)32(18(2)27-17)16-19-8-10-21(11-9-19)24-15-22(20-6-4-3-5-7-20)12-13-23(24)26-28-30-31-29-26/h3-15H,16H2,1-2H3,(H,28,29,30,31). The van der Waals surface area contributed by atoms with Gasteiger partial charge < -0.3 is 0 Å². The maximum atomic E-state index is 12.4. The van der Waals surface area contributed by atoms with E-state index in [1.807, 2.05) is 50.2 Å². The number of hydrogen-bond acceptors (Lipinski definition) is 5. The van der Waals surface area contributed by atoms with Crippen LogP contribution >= 0.6 is 0 Å². The average Bonchev–Trinajstić information content (AvgIpc) is 3.37. The van der Waals surface area contributed by atoms with Gasteiger partial charge in [-0.3, -0.25) is 9.36 Å². The molecule has 1 N–H and O–H groups in total. The summed E-state index contributed by atoms with van der Waals surface area (Å²) in [6.45, 7) is 4.16. The molecule has 0 saturated heterocycles. The van der Waals surface area contributed by atoms with E-state index in [0.717, 1.165) is 39.1 Å². The molecule has 0 fully saturated rings. The molecule has 0 bridgehead atoms. The molecule has 0 aliphatic rings. The van der Waals surface area contributed by atoms with E-state index in [2.05, 4.69) is 62.0 Å². The second kappa shape index (κ2) is 8.63. The number of rotatable bonds is 5. The van der Waals surface area contributed by atoms with Gasteiger partial charge in [-0.1, -0.05) is 60.7 Å². The van der Waals surface area contributed by atoms with Crippen molar-refractivity contribution in [1.82, 2.24) is 30.2 Å². The van der Waals surface area contributed by atoms with Gasteiger partial charge in [0.15, 0.2) is 0 Å². The number of H-pyrrole nitrogens is 1. The first-order valence-electron chi connectivity index (χ1n) is 10.7. The van der Waals surface area contributed by atoms with Gasteiger partial charge in [-0.25, -0.2) is 4.98 Å². The lowest BCUT2D eigenvalue weighted by molar-refractivity contribution is 0.694. The first-order valence-corrected chi connectivity index (χ1v) is 10.7. The first-order chi connectivity index (χ1) is 16.1. The van der Waals surface area contributed by atoms with Crippen LogP contribution in [0.3, 0.4) is 0 Å². The van der Waals surface area contributed by atoms with E-state index in [0.29, 0.717) is 18.2 Å². The SMILES string of the molecule is Cc1cc(=O)n(Cc2ccc(-c3cc(-c4ccccc4)ccc3-c3nn[nH]n3)cc2)c(C)n1. The monoisotopic (exact) mass is 434 g/mol. The fourth-order valence-electron chi connectivity index (χ4n) is 3.99. The van der Waals surface area contributed by atoms with Crippen LogP contribution in [0.1, 0.15) is 17.1 Å². The van der Waals surface area contributed by atoms with Crippen molar-refractivity contribution in [2.24, 2.45) is 0 Å². The Hall–Kier alpha value is -4.39. The molecular weight excluding hydrogens is 412 g/mol. The molecule has 0 saturated carbocycles. The predicted molar refractivity (Wildman–Crippen MR) is 128 cm³/mol. The zero-order chi connectivity index (χ0) is 22.8. The lowest BCUT2D eigenvalue weighted by atomic mass is 9.93. The lowest BCUT2D eigenvalue weighted by Gasteiger charge is -2.13. The summed E-state index contributed by atoms with van der Waals surface area (Å²) in [7, 11) is 0. The largest absolute Gasteiger partial charge is 0.292 e. The summed E-state index contributed by atoms with van der Waals surface area (Å²) in [5.41, 5.74) is 6.89. The maximum Gasteiger partial charge on any atom is 0.254 e. The Balaban J connectivity index is 1.54. The van der Waals surface area contributed by atoms with Crippen LogP contribution < -0.4 is 5.56 Å². The highest BCUT2D eigenvalue weighted by molar-refractivity contribution is 5.84. The molecule has 5 rings (SSSR count). The molecule has 0 amide bonds. The zero-order valence-corrected chi connectivity index (χ0v) is 18.4. The molecule has 0 aliphatic carbocycles. The van der Waals surface area contributed by atoms with Crippen LogP contribution in [0.25, 0.3) is 33.6 Å². The summed E-state index contributed by atoms with van der Waals surface area (Å²) in [6.07, 6.45) is 0. The molecule has 33 heavy (non-hydrogen) atoms. The Morgan fingerprint density at radius 2 is 1.58 bits per heavy atom. The summed E-state index contributed by atoms with van der Waals surface area (Å²) in [4.78, 5) is 16.8. The molecule has 2 heterocycles. The fourth-order valence-corrected chi connectivity index (χ4v) is 3.99. The molecule has 0 radical (unpaired) electrons. The molecule has 0 spiro atoms. The van der Waals surface area contributed by atoms with Crippen molar-refractivity contribution >= 4 is 0 Å². The number of tetrazole rings is 1. The topological polar surface area (TPSA) is 89.4 Å². The van der Waals surface area contributed by atoms with Crippen LogP contribution in [0.4, 0.5) is 0 Å². The summed E-state index contributed by atoms with van der Waals surface area (Å²) < 4.78 is 1.68. The van der Waals surface area contributed by atoms with Crippen LogP contribution in [0.15, 0.2) is 83.7 Å². The zero-order valence-electron chi connectivity index (χ0n) is 18.4. The minimum atomic E-state index is -0.0426. The number of nitrogens with zero attached hydrogens (tertiary/aromatic N) is 5. The number of aromatic nitrogens is 6. The van der Waals surface area contributed by atoms with Gasteiger partial charge >= 0.3 is 0 Å². The molecule has 5 aromatic rings. The predicted octanol–water partition coefficient (Wildman–Crippen LogP) is 4.42. The van der Waals surface area contributed by atoms with Gasteiger partial charge in [-0.15, -0.1) is 10.2 Å². The second-order valence-corrected chi connectivity index (χ2v) is 7.93. The number of hydrogen-bond donors (Lipinski definition) is 1. The third-order valence-electron chi connectivity index (χ3n) is 5.65. The maximum absolute atomic E-state index is 12.4. The van der Waals surface area contributed by atoms with E-state index < -0.39 is 0 Å². The van der Waals surface area contributed by atoms with E-state index in [-0.39, 0.29) is 5.56 Å². The second-order valence-electron chi connectivity index (χ2n) is 7.93. The molecule has 0 atom stereocenters. The summed E-state index contributed by atoms with van der Waals surface area (Å²) in [5.74, 6) is 1.25. The summed E-state index contributed by atoms with van der Waals surface area (Å²) in [5, 5.41) is 14.6. The van der Waals surface area contributed by atoms with Crippen molar-refractivity contribution in [2.45, 2.75) is 20.4 Å². The van der Waals surface area contributed by atoms with Gasteiger partial charge in [0.1, 0.15) is 5.82 Å². The van der Waals surface area contributed by atoms with Crippen molar-refractivity contribution in [2.75, 3.05) is 0 Å². The van der Waals surface area contributed by atoms with Crippen LogP contribution in [-0.4, -0.2) is 30.2 Å². The Morgan fingerprint density at radius 1 is 0.818 bits per heavy atom. The van der Waals surface area contributed by atoms with Gasteiger partial charge in [-0.2, -0.15) is 5.21 Å². The van der Waals surface area contributed by atoms with E-state index in [1.54, 1.807) is 10.6 Å². The van der Waals surface area contributed by atoms with Crippen LogP contribution in [-0.2, 0) is 6.54 Å². The average molecular weight is 435 g/mol. The van der Waals surface area contributed by atoms with Crippen molar-refractivity contribution in [3.8, 4) is 33.6 Å².